The summed E-state index contributed by atoms with van der Waals surface area (Å²) in [5.74, 6) is 0. The van der Waals surface area contributed by atoms with Gasteiger partial charge in [-0.05, 0) is 40.5 Å². The third-order valence-corrected chi connectivity index (χ3v) is 4.26. The fourth-order valence-corrected chi connectivity index (χ4v) is 2.17. The van der Waals surface area contributed by atoms with Crippen molar-refractivity contribution in [3.05, 3.63) is 37.9 Å². The van der Waals surface area contributed by atoms with Crippen LogP contribution in [0, 0.1) is 6.92 Å². The first kappa shape index (κ1) is 10.4. The van der Waals surface area contributed by atoms with Crippen LogP contribution in [0.5, 0.6) is 0 Å². The van der Waals surface area contributed by atoms with E-state index in [4.69, 9.17) is 11.6 Å². The van der Waals surface area contributed by atoms with Crippen molar-refractivity contribution in [3.63, 3.8) is 0 Å². The van der Waals surface area contributed by atoms with E-state index in [-0.39, 0.29) is 0 Å². The third-order valence-electron chi connectivity index (χ3n) is 2.04. The van der Waals surface area contributed by atoms with Crippen LogP contribution in [0.25, 0.3) is 10.9 Å². The number of pyridine rings is 1. The summed E-state index contributed by atoms with van der Waals surface area (Å²) in [5.41, 5.74) is 2.10. The molecule has 0 atom stereocenters. The van der Waals surface area contributed by atoms with Crippen molar-refractivity contribution in [3.8, 4) is 0 Å². The highest BCUT2D eigenvalue weighted by molar-refractivity contribution is 9.11. The van der Waals surface area contributed by atoms with E-state index in [0.29, 0.717) is 5.02 Å². The van der Waals surface area contributed by atoms with Gasteiger partial charge in [0.2, 0.25) is 0 Å². The Hall–Kier alpha value is -0.120. The monoisotopic (exact) mass is 333 g/mol. The van der Waals surface area contributed by atoms with Crippen molar-refractivity contribution < 1.29 is 0 Å². The number of benzene rings is 1. The molecule has 14 heavy (non-hydrogen) atoms. The second-order valence-corrected chi connectivity index (χ2v) is 5.09. The van der Waals surface area contributed by atoms with Gasteiger partial charge in [-0.2, -0.15) is 0 Å². The summed E-state index contributed by atoms with van der Waals surface area (Å²) < 4.78 is 1.96. The molecule has 1 aromatic carbocycles. The molecule has 4 heteroatoms. The fraction of sp³-hybridized carbons (Fsp3) is 0.100. The number of nitrogens with zero attached hydrogens (tertiary/aromatic N) is 1. The van der Waals surface area contributed by atoms with E-state index >= 15 is 0 Å². The van der Waals surface area contributed by atoms with Gasteiger partial charge in [-0.25, -0.2) is 0 Å². The first-order valence-electron chi connectivity index (χ1n) is 3.99. The van der Waals surface area contributed by atoms with Gasteiger partial charge in [0.1, 0.15) is 0 Å². The van der Waals surface area contributed by atoms with Crippen molar-refractivity contribution in [2.75, 3.05) is 0 Å². The van der Waals surface area contributed by atoms with E-state index in [0.717, 1.165) is 19.8 Å². The van der Waals surface area contributed by atoms with Crippen LogP contribution < -0.4 is 0 Å². The Bertz CT molecular complexity index is 511. The average molecular weight is 335 g/mol. The number of halogens is 3. The zero-order valence-corrected chi connectivity index (χ0v) is 11.2. The number of aromatic nitrogens is 1. The molecular formula is C10H6Br2ClN. The molecule has 0 radical (unpaired) electrons. The minimum Gasteiger partial charge on any atom is -0.255 e. The lowest BCUT2D eigenvalue weighted by molar-refractivity contribution is 1.37. The quantitative estimate of drug-likeness (QED) is 0.679. The molecule has 0 bridgehead atoms. The molecule has 0 aliphatic rings. The Balaban J connectivity index is 2.89. The Morgan fingerprint density at radius 1 is 1.29 bits per heavy atom. The van der Waals surface area contributed by atoms with E-state index in [1.807, 2.05) is 13.0 Å². The maximum absolute atomic E-state index is 5.96. The zero-order chi connectivity index (χ0) is 10.3. The molecule has 0 aliphatic carbocycles. The summed E-state index contributed by atoms with van der Waals surface area (Å²) in [5, 5.41) is 1.68. The van der Waals surface area contributed by atoms with E-state index in [1.165, 1.54) is 5.56 Å². The van der Waals surface area contributed by atoms with Crippen LogP contribution >= 0.6 is 43.5 Å². The lowest BCUT2D eigenvalue weighted by Gasteiger charge is -2.04. The molecule has 0 saturated carbocycles. The van der Waals surface area contributed by atoms with Crippen molar-refractivity contribution >= 4 is 54.4 Å². The minimum absolute atomic E-state index is 0.638. The molecule has 0 saturated heterocycles. The highest BCUT2D eigenvalue weighted by Gasteiger charge is 2.06. The maximum Gasteiger partial charge on any atom is 0.0737 e. The molecular weight excluding hydrogens is 329 g/mol. The van der Waals surface area contributed by atoms with E-state index in [2.05, 4.69) is 42.9 Å². The molecule has 0 unspecified atom stereocenters. The van der Waals surface area contributed by atoms with E-state index < -0.39 is 0 Å². The van der Waals surface area contributed by atoms with Crippen molar-refractivity contribution in [1.82, 2.24) is 4.98 Å². The standard InChI is InChI=1S/C10H6Br2ClN/c1-5-2-6-9(3-7(5)11)14-4-8(13)10(6)12/h2-4H,1H3. The van der Waals surface area contributed by atoms with Gasteiger partial charge in [0.15, 0.2) is 0 Å². The molecule has 0 aliphatic heterocycles. The number of hydrogen-bond acceptors (Lipinski definition) is 1. The molecule has 1 aromatic heterocycles. The van der Waals surface area contributed by atoms with Gasteiger partial charge < -0.3 is 0 Å². The normalized spacial score (nSPS) is 10.9. The smallest absolute Gasteiger partial charge is 0.0737 e. The lowest BCUT2D eigenvalue weighted by Crippen LogP contribution is -1.84. The highest BCUT2D eigenvalue weighted by Crippen LogP contribution is 2.32. The number of fused-ring (bicyclic) bond motifs is 1. The Morgan fingerprint density at radius 3 is 2.71 bits per heavy atom. The highest BCUT2D eigenvalue weighted by atomic mass is 79.9. The summed E-state index contributed by atoms with van der Waals surface area (Å²) in [4.78, 5) is 4.25. The number of aryl methyl sites for hydroxylation is 1. The van der Waals surface area contributed by atoms with Crippen LogP contribution in [0.15, 0.2) is 27.3 Å². The maximum atomic E-state index is 5.96. The van der Waals surface area contributed by atoms with Crippen LogP contribution in [-0.2, 0) is 0 Å². The number of rotatable bonds is 0. The Kier molecular flexibility index (Phi) is 2.82. The molecule has 0 spiro atoms. The van der Waals surface area contributed by atoms with Gasteiger partial charge >= 0.3 is 0 Å². The van der Waals surface area contributed by atoms with Gasteiger partial charge in [0.05, 0.1) is 10.5 Å². The lowest BCUT2D eigenvalue weighted by atomic mass is 10.1. The minimum atomic E-state index is 0.638. The molecule has 0 fully saturated rings. The molecule has 1 heterocycles. The summed E-state index contributed by atoms with van der Waals surface area (Å²) in [6.45, 7) is 2.04. The van der Waals surface area contributed by atoms with Gasteiger partial charge in [0, 0.05) is 20.5 Å². The van der Waals surface area contributed by atoms with Crippen molar-refractivity contribution in [1.29, 1.82) is 0 Å². The topological polar surface area (TPSA) is 12.9 Å². The first-order chi connectivity index (χ1) is 6.59. The summed E-state index contributed by atoms with van der Waals surface area (Å²) >= 11 is 12.9. The van der Waals surface area contributed by atoms with Crippen molar-refractivity contribution in [2.24, 2.45) is 0 Å². The Labute approximate surface area is 104 Å². The second-order valence-electron chi connectivity index (χ2n) is 3.04. The zero-order valence-electron chi connectivity index (χ0n) is 7.31. The fourth-order valence-electron chi connectivity index (χ4n) is 1.27. The predicted octanol–water partition coefficient (Wildman–Crippen LogP) is 4.72. The molecule has 0 amide bonds. The predicted molar refractivity (Wildman–Crippen MR) is 66.9 cm³/mol. The summed E-state index contributed by atoms with van der Waals surface area (Å²) in [6, 6.07) is 4.05. The summed E-state index contributed by atoms with van der Waals surface area (Å²) in [7, 11) is 0. The van der Waals surface area contributed by atoms with Gasteiger partial charge in [-0.15, -0.1) is 0 Å². The third kappa shape index (κ3) is 1.69. The molecule has 0 N–H and O–H groups in total. The van der Waals surface area contributed by atoms with Crippen LogP contribution in [-0.4, -0.2) is 4.98 Å². The number of hydrogen-bond donors (Lipinski definition) is 0. The van der Waals surface area contributed by atoms with Crippen LogP contribution in [0.2, 0.25) is 5.02 Å². The van der Waals surface area contributed by atoms with Gasteiger partial charge in [-0.1, -0.05) is 27.5 Å². The molecule has 72 valence electrons. The van der Waals surface area contributed by atoms with Crippen molar-refractivity contribution in [2.45, 2.75) is 6.92 Å². The molecule has 2 rings (SSSR count). The summed E-state index contributed by atoms with van der Waals surface area (Å²) in [6.07, 6.45) is 1.65. The first-order valence-corrected chi connectivity index (χ1v) is 5.96. The van der Waals surface area contributed by atoms with Gasteiger partial charge in [0.25, 0.3) is 0 Å². The Morgan fingerprint density at radius 2 is 2.00 bits per heavy atom. The second kappa shape index (κ2) is 3.80. The molecule has 1 nitrogen and oxygen atoms in total. The van der Waals surface area contributed by atoms with E-state index in [1.54, 1.807) is 6.20 Å². The van der Waals surface area contributed by atoms with Crippen LogP contribution in [0.1, 0.15) is 5.56 Å². The largest absolute Gasteiger partial charge is 0.255 e. The van der Waals surface area contributed by atoms with E-state index in [9.17, 15) is 0 Å². The van der Waals surface area contributed by atoms with Crippen LogP contribution in [0.4, 0.5) is 0 Å². The average Bonchev–Trinajstić information content (AvgIpc) is 2.15. The van der Waals surface area contributed by atoms with Crippen LogP contribution in [0.3, 0.4) is 0 Å². The SMILES string of the molecule is Cc1cc2c(Br)c(Cl)cnc2cc1Br. The van der Waals surface area contributed by atoms with Gasteiger partial charge in [-0.3, -0.25) is 4.98 Å². The molecule has 2 aromatic rings.